The van der Waals surface area contributed by atoms with Crippen LogP contribution in [0.5, 0.6) is 5.75 Å². The van der Waals surface area contributed by atoms with Gasteiger partial charge in [0.05, 0.1) is 6.61 Å². The zero-order valence-corrected chi connectivity index (χ0v) is 14.0. The summed E-state index contributed by atoms with van der Waals surface area (Å²) in [4.78, 5) is 24.4. The lowest BCUT2D eigenvalue weighted by Gasteiger charge is -2.20. The van der Waals surface area contributed by atoms with E-state index in [1.54, 1.807) is 26.2 Å². The van der Waals surface area contributed by atoms with E-state index in [9.17, 15) is 9.59 Å². The number of para-hydroxylation sites is 1. The molecule has 6 heteroatoms. The summed E-state index contributed by atoms with van der Waals surface area (Å²) in [6.45, 7) is 4.26. The molecule has 2 N–H and O–H groups in total. The molecule has 0 unspecified atom stereocenters. The molecule has 0 spiro atoms. The fourth-order valence-corrected chi connectivity index (χ4v) is 2.93. The minimum Gasteiger partial charge on any atom is -0.493 e. The highest BCUT2D eigenvalue weighted by molar-refractivity contribution is 5.90. The molecular weight excluding hydrogens is 306 g/mol. The van der Waals surface area contributed by atoms with Gasteiger partial charge in [-0.2, -0.15) is 0 Å². The number of fused-ring (bicyclic) bond motifs is 1. The van der Waals surface area contributed by atoms with Crippen molar-refractivity contribution in [3.63, 3.8) is 0 Å². The number of nitrogens with one attached hydrogen (secondary N) is 2. The Morgan fingerprint density at radius 3 is 2.88 bits per heavy atom. The number of aryl methyl sites for hydroxylation is 2. The minimum absolute atomic E-state index is 0.0895. The minimum atomic E-state index is -0.390. The Bertz CT molecular complexity index is 828. The maximum atomic E-state index is 12.3. The maximum absolute atomic E-state index is 12.3. The van der Waals surface area contributed by atoms with E-state index in [2.05, 4.69) is 10.6 Å². The van der Waals surface area contributed by atoms with Gasteiger partial charge in [-0.1, -0.05) is 18.2 Å². The van der Waals surface area contributed by atoms with E-state index in [0.717, 1.165) is 16.9 Å². The molecule has 1 aliphatic heterocycles. The predicted octanol–water partition coefficient (Wildman–Crippen LogP) is 2.38. The zero-order chi connectivity index (χ0) is 17.3. The number of carbonyl (C=O) groups is 1. The molecule has 126 valence electrons. The fraction of sp³-hybridized carbons (Fsp3) is 0.333. The van der Waals surface area contributed by atoms with Crippen molar-refractivity contribution >= 4 is 11.7 Å². The van der Waals surface area contributed by atoms with Gasteiger partial charge in [0.1, 0.15) is 11.4 Å². The van der Waals surface area contributed by atoms with Gasteiger partial charge in [0.2, 0.25) is 0 Å². The van der Waals surface area contributed by atoms with Crippen molar-refractivity contribution < 1.29 is 9.53 Å². The molecule has 2 aromatic rings. The monoisotopic (exact) mass is 327 g/mol. The van der Waals surface area contributed by atoms with Crippen molar-refractivity contribution in [3.05, 3.63) is 58.0 Å². The molecule has 3 rings (SSSR count). The Labute approximate surface area is 140 Å². The van der Waals surface area contributed by atoms with Crippen molar-refractivity contribution in [2.75, 3.05) is 11.9 Å². The van der Waals surface area contributed by atoms with E-state index in [1.165, 1.54) is 4.57 Å². The smallest absolute Gasteiger partial charge is 0.319 e. The Morgan fingerprint density at radius 2 is 2.08 bits per heavy atom. The van der Waals surface area contributed by atoms with Gasteiger partial charge in [-0.3, -0.25) is 4.79 Å². The summed E-state index contributed by atoms with van der Waals surface area (Å²) in [6.07, 6.45) is 1.68. The van der Waals surface area contributed by atoms with Gasteiger partial charge in [0.15, 0.2) is 0 Å². The molecule has 6 nitrogen and oxygen atoms in total. The number of hydrogen-bond acceptors (Lipinski definition) is 3. The number of rotatable bonds is 3. The topological polar surface area (TPSA) is 72.4 Å². The number of aromatic nitrogens is 1. The highest BCUT2D eigenvalue weighted by Gasteiger charge is 2.29. The summed E-state index contributed by atoms with van der Waals surface area (Å²) in [7, 11) is 1.65. The van der Waals surface area contributed by atoms with Crippen LogP contribution in [0.2, 0.25) is 0 Å². The van der Waals surface area contributed by atoms with Crippen molar-refractivity contribution in [2.24, 2.45) is 7.05 Å². The molecule has 0 bridgehead atoms. The number of urea groups is 1. The number of benzene rings is 1. The summed E-state index contributed by atoms with van der Waals surface area (Å²) in [5, 5.41) is 5.58. The first-order valence-electron chi connectivity index (χ1n) is 7.93. The molecule has 0 aliphatic carbocycles. The quantitative estimate of drug-likeness (QED) is 0.909. The third kappa shape index (κ3) is 2.99. The van der Waals surface area contributed by atoms with Crippen LogP contribution in [0.4, 0.5) is 10.5 Å². The second-order valence-electron chi connectivity index (χ2n) is 6.13. The van der Waals surface area contributed by atoms with E-state index in [1.807, 2.05) is 31.2 Å². The van der Waals surface area contributed by atoms with Crippen molar-refractivity contribution in [1.82, 2.24) is 9.88 Å². The average Bonchev–Trinajstić information content (AvgIpc) is 2.99. The second kappa shape index (κ2) is 6.39. The Kier molecular flexibility index (Phi) is 4.29. The third-order valence-electron chi connectivity index (χ3n) is 4.41. The number of carbonyl (C=O) groups excluding carboxylic acids is 1. The van der Waals surface area contributed by atoms with E-state index >= 15 is 0 Å². The van der Waals surface area contributed by atoms with Crippen LogP contribution < -0.4 is 20.9 Å². The molecule has 0 saturated carbocycles. The van der Waals surface area contributed by atoms with Gasteiger partial charge in [-0.15, -0.1) is 0 Å². The summed E-state index contributed by atoms with van der Waals surface area (Å²) in [5.74, 6) is 0.955. The van der Waals surface area contributed by atoms with Crippen molar-refractivity contribution in [1.29, 1.82) is 0 Å². The van der Waals surface area contributed by atoms with Gasteiger partial charge in [-0.25, -0.2) is 4.79 Å². The van der Waals surface area contributed by atoms with Gasteiger partial charge in [0.25, 0.3) is 5.56 Å². The highest BCUT2D eigenvalue weighted by Crippen LogP contribution is 2.35. The van der Waals surface area contributed by atoms with Crippen molar-refractivity contribution in [2.45, 2.75) is 25.8 Å². The van der Waals surface area contributed by atoms with Crippen LogP contribution in [0.1, 0.15) is 24.0 Å². The van der Waals surface area contributed by atoms with E-state index in [0.29, 0.717) is 12.3 Å². The standard InChI is InChI=1S/C18H21N3O3/c1-11-8-9-21(3)17(22)16(11)20-18(23)19-12(2)14-10-24-15-7-5-4-6-13(14)15/h4-9,12,14H,10H2,1-3H3,(H2,19,20,23)/t12-,14-/m0/s1. The number of hydrogen-bond donors (Lipinski definition) is 2. The molecule has 2 heterocycles. The summed E-state index contributed by atoms with van der Waals surface area (Å²) in [5.41, 5.74) is 1.90. The third-order valence-corrected chi connectivity index (χ3v) is 4.41. The van der Waals surface area contributed by atoms with Crippen LogP contribution in [0.3, 0.4) is 0 Å². The molecular formula is C18H21N3O3. The van der Waals surface area contributed by atoms with Crippen LogP contribution in [-0.4, -0.2) is 23.2 Å². The Hall–Kier alpha value is -2.76. The number of pyridine rings is 1. The van der Waals surface area contributed by atoms with Crippen LogP contribution in [-0.2, 0) is 7.05 Å². The zero-order valence-electron chi connectivity index (χ0n) is 14.0. The van der Waals surface area contributed by atoms with Gasteiger partial charge in [-0.05, 0) is 31.5 Å². The molecule has 24 heavy (non-hydrogen) atoms. The number of ether oxygens (including phenoxy) is 1. The van der Waals surface area contributed by atoms with Crippen LogP contribution >= 0.6 is 0 Å². The first-order chi connectivity index (χ1) is 11.5. The first-order valence-corrected chi connectivity index (χ1v) is 7.93. The van der Waals surface area contributed by atoms with Crippen LogP contribution in [0.15, 0.2) is 41.3 Å². The lowest BCUT2D eigenvalue weighted by atomic mass is 9.94. The second-order valence-corrected chi connectivity index (χ2v) is 6.13. The predicted molar refractivity (Wildman–Crippen MR) is 92.7 cm³/mol. The first kappa shape index (κ1) is 16.1. The normalized spacial score (nSPS) is 16.9. The maximum Gasteiger partial charge on any atom is 0.319 e. The SMILES string of the molecule is Cc1ccn(C)c(=O)c1NC(=O)N[C@@H](C)[C@@H]1COc2ccccc21. The average molecular weight is 327 g/mol. The van der Waals surface area contributed by atoms with Gasteiger partial charge >= 0.3 is 6.03 Å². The van der Waals surface area contributed by atoms with Gasteiger partial charge in [0, 0.05) is 30.8 Å². The summed E-state index contributed by atoms with van der Waals surface area (Å²) in [6, 6.07) is 9.12. The molecule has 1 aromatic heterocycles. The molecule has 0 saturated heterocycles. The highest BCUT2D eigenvalue weighted by atomic mass is 16.5. The van der Waals surface area contributed by atoms with E-state index < -0.39 is 6.03 Å². The molecule has 2 atom stereocenters. The molecule has 2 amide bonds. The van der Waals surface area contributed by atoms with E-state index in [4.69, 9.17) is 4.74 Å². The Morgan fingerprint density at radius 1 is 1.33 bits per heavy atom. The largest absolute Gasteiger partial charge is 0.493 e. The summed E-state index contributed by atoms with van der Waals surface area (Å²) < 4.78 is 7.10. The Balaban J connectivity index is 1.70. The lowest BCUT2D eigenvalue weighted by molar-refractivity contribution is 0.244. The van der Waals surface area contributed by atoms with E-state index in [-0.39, 0.29) is 17.5 Å². The molecule has 1 aliphatic rings. The lowest BCUT2D eigenvalue weighted by Crippen LogP contribution is -2.41. The molecule has 1 aromatic carbocycles. The van der Waals surface area contributed by atoms with Gasteiger partial charge < -0.3 is 19.9 Å². The van der Waals surface area contributed by atoms with Crippen molar-refractivity contribution in [3.8, 4) is 5.75 Å². The van der Waals surface area contributed by atoms with Crippen LogP contribution in [0, 0.1) is 6.92 Å². The summed E-state index contributed by atoms with van der Waals surface area (Å²) >= 11 is 0. The number of amides is 2. The molecule has 0 fully saturated rings. The fourth-order valence-electron chi connectivity index (χ4n) is 2.93. The van der Waals surface area contributed by atoms with Crippen LogP contribution in [0.25, 0.3) is 0 Å². The number of anilines is 1. The molecule has 0 radical (unpaired) electrons. The number of nitrogens with zero attached hydrogens (tertiary/aromatic N) is 1.